The minimum atomic E-state index is -0.312. The first-order valence-corrected chi connectivity index (χ1v) is 12.7. The molecule has 1 saturated heterocycles. The summed E-state index contributed by atoms with van der Waals surface area (Å²) < 4.78 is 17.7. The van der Waals surface area contributed by atoms with Crippen molar-refractivity contribution in [2.45, 2.75) is 18.8 Å². The number of hydrogen-bond donors (Lipinski definition) is 0. The SMILES string of the molecule is O=C(C(c1ccccc1)c1ccccc1)N1CCCN(c2nc(Cc3ccc(F)cc3)ns2)CC1. The highest BCUT2D eigenvalue weighted by molar-refractivity contribution is 7.09. The summed E-state index contributed by atoms with van der Waals surface area (Å²) in [6, 6.07) is 26.5. The average molecular weight is 487 g/mol. The van der Waals surface area contributed by atoms with Gasteiger partial charge in [0.1, 0.15) is 11.6 Å². The van der Waals surface area contributed by atoms with Crippen molar-refractivity contribution < 1.29 is 9.18 Å². The molecule has 1 aliphatic heterocycles. The van der Waals surface area contributed by atoms with Crippen LogP contribution in [0, 0.1) is 5.82 Å². The quantitative estimate of drug-likeness (QED) is 0.379. The first-order valence-electron chi connectivity index (χ1n) is 11.9. The summed E-state index contributed by atoms with van der Waals surface area (Å²) >= 11 is 1.38. The van der Waals surface area contributed by atoms with E-state index in [1.54, 1.807) is 12.1 Å². The van der Waals surface area contributed by atoms with Crippen LogP contribution in [0.25, 0.3) is 0 Å². The van der Waals surface area contributed by atoms with Gasteiger partial charge in [0.15, 0.2) is 0 Å². The summed E-state index contributed by atoms with van der Waals surface area (Å²) in [6.45, 7) is 2.90. The summed E-state index contributed by atoms with van der Waals surface area (Å²) in [6.07, 6.45) is 1.44. The van der Waals surface area contributed by atoms with Gasteiger partial charge in [0, 0.05) is 44.1 Å². The van der Waals surface area contributed by atoms with Crippen molar-refractivity contribution in [3.63, 3.8) is 0 Å². The van der Waals surface area contributed by atoms with E-state index in [-0.39, 0.29) is 17.6 Å². The molecular formula is C28H27FN4OS. The molecule has 0 atom stereocenters. The van der Waals surface area contributed by atoms with E-state index in [1.807, 2.05) is 65.6 Å². The van der Waals surface area contributed by atoms with Crippen LogP contribution in [0.1, 0.15) is 34.9 Å². The van der Waals surface area contributed by atoms with Gasteiger partial charge in [-0.2, -0.15) is 4.37 Å². The molecule has 35 heavy (non-hydrogen) atoms. The Morgan fingerprint density at radius 1 is 0.857 bits per heavy atom. The lowest BCUT2D eigenvalue weighted by molar-refractivity contribution is -0.131. The minimum absolute atomic E-state index is 0.138. The number of amides is 1. The third-order valence-corrected chi connectivity index (χ3v) is 7.14. The molecule has 5 nitrogen and oxygen atoms in total. The van der Waals surface area contributed by atoms with Crippen LogP contribution < -0.4 is 4.90 Å². The molecule has 178 valence electrons. The Labute approximate surface area is 209 Å². The molecular weight excluding hydrogens is 459 g/mol. The van der Waals surface area contributed by atoms with Gasteiger partial charge in [0.2, 0.25) is 11.0 Å². The summed E-state index contributed by atoms with van der Waals surface area (Å²) in [7, 11) is 0. The predicted octanol–water partition coefficient (Wildman–Crippen LogP) is 5.14. The second-order valence-electron chi connectivity index (χ2n) is 8.72. The first kappa shape index (κ1) is 23.2. The maximum Gasteiger partial charge on any atom is 0.234 e. The molecule has 2 heterocycles. The van der Waals surface area contributed by atoms with Crippen molar-refractivity contribution in [1.82, 2.24) is 14.3 Å². The molecule has 3 aromatic carbocycles. The fourth-order valence-corrected chi connectivity index (χ4v) is 5.25. The van der Waals surface area contributed by atoms with Crippen molar-refractivity contribution in [1.29, 1.82) is 0 Å². The van der Waals surface area contributed by atoms with Crippen LogP contribution in [-0.2, 0) is 11.2 Å². The van der Waals surface area contributed by atoms with E-state index in [4.69, 9.17) is 4.98 Å². The molecule has 7 heteroatoms. The zero-order valence-electron chi connectivity index (χ0n) is 19.4. The highest BCUT2D eigenvalue weighted by Crippen LogP contribution is 2.28. The second kappa shape index (κ2) is 10.8. The smallest absolute Gasteiger partial charge is 0.234 e. The van der Waals surface area contributed by atoms with Crippen LogP contribution in [0.3, 0.4) is 0 Å². The van der Waals surface area contributed by atoms with Crippen LogP contribution in [0.15, 0.2) is 84.9 Å². The van der Waals surface area contributed by atoms with Crippen LogP contribution in [-0.4, -0.2) is 46.3 Å². The van der Waals surface area contributed by atoms with E-state index in [9.17, 15) is 9.18 Å². The van der Waals surface area contributed by atoms with Gasteiger partial charge >= 0.3 is 0 Å². The molecule has 5 rings (SSSR count). The van der Waals surface area contributed by atoms with Gasteiger partial charge in [-0.15, -0.1) is 0 Å². The monoisotopic (exact) mass is 486 g/mol. The maximum atomic E-state index is 13.8. The van der Waals surface area contributed by atoms with Gasteiger partial charge in [0.25, 0.3) is 0 Å². The third-order valence-electron chi connectivity index (χ3n) is 6.32. The van der Waals surface area contributed by atoms with Crippen LogP contribution in [0.4, 0.5) is 9.52 Å². The number of anilines is 1. The second-order valence-corrected chi connectivity index (χ2v) is 9.45. The number of hydrogen-bond acceptors (Lipinski definition) is 5. The zero-order chi connectivity index (χ0) is 24.0. The van der Waals surface area contributed by atoms with Gasteiger partial charge in [-0.25, -0.2) is 9.37 Å². The van der Waals surface area contributed by atoms with E-state index < -0.39 is 0 Å². The van der Waals surface area contributed by atoms with Gasteiger partial charge in [-0.1, -0.05) is 72.8 Å². The molecule has 0 saturated carbocycles. The number of benzene rings is 3. The minimum Gasteiger partial charge on any atom is -0.345 e. The molecule has 1 fully saturated rings. The van der Waals surface area contributed by atoms with E-state index in [0.717, 1.165) is 40.6 Å². The molecule has 0 radical (unpaired) electrons. The summed E-state index contributed by atoms with van der Waals surface area (Å²) in [5.74, 6) is 0.319. The van der Waals surface area contributed by atoms with Crippen LogP contribution in [0.5, 0.6) is 0 Å². The van der Waals surface area contributed by atoms with Crippen molar-refractivity contribution >= 4 is 22.6 Å². The normalized spacial score (nSPS) is 14.2. The van der Waals surface area contributed by atoms with E-state index >= 15 is 0 Å². The fourth-order valence-electron chi connectivity index (χ4n) is 4.51. The number of halogens is 1. The molecule has 4 aromatic rings. The molecule has 1 aliphatic rings. The van der Waals surface area contributed by atoms with Gasteiger partial charge in [-0.3, -0.25) is 4.79 Å². The summed E-state index contributed by atoms with van der Waals surface area (Å²) in [5.41, 5.74) is 3.01. The molecule has 1 amide bonds. The summed E-state index contributed by atoms with van der Waals surface area (Å²) in [4.78, 5) is 22.7. The molecule has 0 aliphatic carbocycles. The fraction of sp³-hybridized carbons (Fsp3) is 0.250. The van der Waals surface area contributed by atoms with Crippen molar-refractivity contribution in [2.75, 3.05) is 31.1 Å². The standard InChI is InChI=1S/C28H27FN4OS/c29-24-14-12-21(13-15-24)20-25-30-28(35-31-25)33-17-7-16-32(18-19-33)27(34)26(22-8-3-1-4-9-22)23-10-5-2-6-11-23/h1-6,8-15,26H,7,16-20H2. The van der Waals surface area contributed by atoms with Crippen LogP contribution in [0.2, 0.25) is 0 Å². The largest absolute Gasteiger partial charge is 0.345 e. The van der Waals surface area contributed by atoms with Gasteiger partial charge in [0.05, 0.1) is 5.92 Å². The number of rotatable bonds is 6. The molecule has 0 unspecified atom stereocenters. The molecule has 0 bridgehead atoms. The van der Waals surface area contributed by atoms with Crippen molar-refractivity contribution in [3.8, 4) is 0 Å². The Hall–Kier alpha value is -3.58. The van der Waals surface area contributed by atoms with Gasteiger partial charge < -0.3 is 9.80 Å². The lowest BCUT2D eigenvalue weighted by Gasteiger charge is -2.27. The van der Waals surface area contributed by atoms with Crippen molar-refractivity contribution in [2.24, 2.45) is 0 Å². The predicted molar refractivity (Wildman–Crippen MR) is 137 cm³/mol. The Balaban J connectivity index is 1.28. The topological polar surface area (TPSA) is 49.3 Å². The molecule has 1 aromatic heterocycles. The highest BCUT2D eigenvalue weighted by Gasteiger charge is 2.29. The lowest BCUT2D eigenvalue weighted by atomic mass is 9.90. The third kappa shape index (κ3) is 5.57. The number of aromatic nitrogens is 2. The Morgan fingerprint density at radius 2 is 1.51 bits per heavy atom. The average Bonchev–Trinajstić information content (AvgIpc) is 3.21. The molecule has 0 spiro atoms. The molecule has 0 N–H and O–H groups in total. The highest BCUT2D eigenvalue weighted by atomic mass is 32.1. The summed E-state index contributed by atoms with van der Waals surface area (Å²) in [5, 5.41) is 0.874. The van der Waals surface area contributed by atoms with Crippen molar-refractivity contribution in [3.05, 3.63) is 113 Å². The first-order chi connectivity index (χ1) is 17.2. The van der Waals surface area contributed by atoms with E-state index in [1.165, 1.54) is 23.7 Å². The number of carbonyl (C=O) groups is 1. The van der Waals surface area contributed by atoms with Crippen LogP contribution >= 0.6 is 11.5 Å². The Bertz CT molecular complexity index is 1210. The number of nitrogens with zero attached hydrogens (tertiary/aromatic N) is 4. The Morgan fingerprint density at radius 3 is 2.17 bits per heavy atom. The zero-order valence-corrected chi connectivity index (χ0v) is 20.2. The van der Waals surface area contributed by atoms with Gasteiger partial charge in [-0.05, 0) is 35.2 Å². The van der Waals surface area contributed by atoms with E-state index in [2.05, 4.69) is 9.27 Å². The maximum absolute atomic E-state index is 13.8. The van der Waals surface area contributed by atoms with E-state index in [0.29, 0.717) is 26.1 Å². The number of carbonyl (C=O) groups excluding carboxylic acids is 1. The Kier molecular flexibility index (Phi) is 7.14. The lowest BCUT2D eigenvalue weighted by Crippen LogP contribution is -2.38.